The van der Waals surface area contributed by atoms with Crippen LogP contribution in [0.5, 0.6) is 0 Å². The first kappa shape index (κ1) is 25.2. The highest BCUT2D eigenvalue weighted by Gasteiger charge is 2.11. The first-order valence-corrected chi connectivity index (χ1v) is 11.1. The lowest BCUT2D eigenvalue weighted by molar-refractivity contribution is -0.117. The summed E-state index contributed by atoms with van der Waals surface area (Å²) in [6.45, 7) is 2.60. The number of carbonyl (C=O) groups is 1. The quantitative estimate of drug-likeness (QED) is 0.178. The summed E-state index contributed by atoms with van der Waals surface area (Å²) < 4.78 is 21.5. The predicted octanol–water partition coefficient (Wildman–Crippen LogP) is 2.57. The topological polar surface area (TPSA) is 130 Å². The number of fused-ring (bicyclic) bond motifs is 1. The Hall–Kier alpha value is -3.42. The molecule has 3 aromatic rings. The maximum atomic E-state index is 12.4. The number of aliphatic hydroxyl groups is 1. The molecule has 2 heterocycles. The third-order valence-electron chi connectivity index (χ3n) is 4.91. The molecule has 34 heavy (non-hydrogen) atoms. The Bertz CT molecular complexity index is 1110. The van der Waals surface area contributed by atoms with Gasteiger partial charge in [0.05, 0.1) is 39.6 Å². The highest BCUT2D eigenvalue weighted by atomic mass is 16.5. The molecule has 0 radical (unpaired) electrons. The number of benzene rings is 1. The minimum absolute atomic E-state index is 0.00419. The number of aliphatic hydroxyl groups excluding tert-OH is 1. The van der Waals surface area contributed by atoms with Crippen LogP contribution in [0.15, 0.2) is 52.6 Å². The first-order chi connectivity index (χ1) is 16.7. The lowest BCUT2D eigenvalue weighted by atomic mass is 10.1. The van der Waals surface area contributed by atoms with Crippen LogP contribution in [0.3, 0.4) is 0 Å². The second-order valence-corrected chi connectivity index (χ2v) is 7.34. The van der Waals surface area contributed by atoms with Gasteiger partial charge in [0.2, 0.25) is 0 Å². The number of ether oxygens (including phenoxy) is 3. The van der Waals surface area contributed by atoms with Crippen molar-refractivity contribution in [2.75, 3.05) is 46.2 Å². The SMILES string of the molecule is N#C/C(=C\c1ccc(COCCOCCOCCO)o1)C(=O)NCCc1c[nH]c2ccccc12. The zero-order valence-electron chi connectivity index (χ0n) is 18.9. The van der Waals surface area contributed by atoms with Crippen molar-refractivity contribution in [3.05, 3.63) is 65.3 Å². The highest BCUT2D eigenvalue weighted by Crippen LogP contribution is 2.18. The lowest BCUT2D eigenvalue weighted by Crippen LogP contribution is -2.26. The molecule has 0 atom stereocenters. The molecule has 0 aliphatic heterocycles. The molecular weight excluding hydrogens is 438 g/mol. The molecule has 1 aromatic carbocycles. The van der Waals surface area contributed by atoms with Crippen LogP contribution in [0.2, 0.25) is 0 Å². The van der Waals surface area contributed by atoms with Crippen molar-refractivity contribution < 1.29 is 28.5 Å². The number of aromatic nitrogens is 1. The van der Waals surface area contributed by atoms with Crippen molar-refractivity contribution in [2.24, 2.45) is 0 Å². The van der Waals surface area contributed by atoms with Gasteiger partial charge in [-0.25, -0.2) is 0 Å². The Balaban J connectivity index is 1.39. The van der Waals surface area contributed by atoms with Crippen molar-refractivity contribution >= 4 is 22.9 Å². The molecule has 0 saturated carbocycles. The number of H-pyrrole nitrogens is 1. The van der Waals surface area contributed by atoms with Gasteiger partial charge >= 0.3 is 0 Å². The van der Waals surface area contributed by atoms with E-state index in [1.54, 1.807) is 12.1 Å². The average molecular weight is 468 g/mol. The number of carbonyl (C=O) groups excluding carboxylic acids is 1. The Labute approximate surface area is 197 Å². The number of amides is 1. The summed E-state index contributed by atoms with van der Waals surface area (Å²) in [5.74, 6) is 0.533. The van der Waals surface area contributed by atoms with Crippen molar-refractivity contribution in [2.45, 2.75) is 13.0 Å². The third kappa shape index (κ3) is 7.86. The van der Waals surface area contributed by atoms with E-state index >= 15 is 0 Å². The number of furan rings is 1. The van der Waals surface area contributed by atoms with Gasteiger partial charge in [0.15, 0.2) is 0 Å². The van der Waals surface area contributed by atoms with E-state index in [1.165, 1.54) is 6.08 Å². The van der Waals surface area contributed by atoms with E-state index in [0.29, 0.717) is 57.5 Å². The smallest absolute Gasteiger partial charge is 0.262 e. The van der Waals surface area contributed by atoms with Gasteiger partial charge in [-0.05, 0) is 30.2 Å². The van der Waals surface area contributed by atoms with Crippen molar-refractivity contribution in [1.29, 1.82) is 5.26 Å². The van der Waals surface area contributed by atoms with Crippen LogP contribution in [0, 0.1) is 11.3 Å². The number of hydrogen-bond donors (Lipinski definition) is 3. The lowest BCUT2D eigenvalue weighted by Gasteiger charge is -2.05. The molecule has 3 N–H and O–H groups in total. The molecule has 0 aliphatic carbocycles. The summed E-state index contributed by atoms with van der Waals surface area (Å²) in [6, 6.07) is 13.3. The summed E-state index contributed by atoms with van der Waals surface area (Å²) in [4.78, 5) is 15.6. The summed E-state index contributed by atoms with van der Waals surface area (Å²) in [5, 5.41) is 21.9. The van der Waals surface area contributed by atoms with E-state index in [9.17, 15) is 10.1 Å². The number of para-hydroxylation sites is 1. The average Bonchev–Trinajstić information content (AvgIpc) is 3.48. The van der Waals surface area contributed by atoms with Gasteiger partial charge in [-0.1, -0.05) is 18.2 Å². The zero-order chi connectivity index (χ0) is 24.0. The van der Waals surface area contributed by atoms with Crippen LogP contribution < -0.4 is 5.32 Å². The van der Waals surface area contributed by atoms with E-state index in [1.807, 2.05) is 36.5 Å². The van der Waals surface area contributed by atoms with Gasteiger partial charge in [-0.2, -0.15) is 5.26 Å². The molecular formula is C25H29N3O6. The minimum Gasteiger partial charge on any atom is -0.459 e. The third-order valence-corrected chi connectivity index (χ3v) is 4.91. The van der Waals surface area contributed by atoms with E-state index in [-0.39, 0.29) is 18.8 Å². The van der Waals surface area contributed by atoms with Crippen LogP contribution in [-0.4, -0.2) is 62.2 Å². The second-order valence-electron chi connectivity index (χ2n) is 7.34. The fraction of sp³-hybridized carbons (Fsp3) is 0.360. The first-order valence-electron chi connectivity index (χ1n) is 11.1. The van der Waals surface area contributed by atoms with Crippen LogP contribution in [-0.2, 0) is 32.0 Å². The largest absolute Gasteiger partial charge is 0.459 e. The van der Waals surface area contributed by atoms with Gasteiger partial charge in [-0.15, -0.1) is 0 Å². The molecule has 9 heteroatoms. The van der Waals surface area contributed by atoms with Crippen molar-refractivity contribution in [3.63, 3.8) is 0 Å². The van der Waals surface area contributed by atoms with E-state index < -0.39 is 5.91 Å². The monoisotopic (exact) mass is 467 g/mol. The van der Waals surface area contributed by atoms with Crippen molar-refractivity contribution in [1.82, 2.24) is 10.3 Å². The standard InChI is InChI=1S/C25H29N3O6/c26-16-20(25(30)27-8-7-19-17-28-24-4-2-1-3-23(19)24)15-21-5-6-22(34-21)18-33-14-13-32-12-11-31-10-9-29/h1-6,15,17,28-29H,7-14,18H2,(H,27,30)/b20-15+. The maximum absolute atomic E-state index is 12.4. The van der Waals surface area contributed by atoms with Crippen LogP contribution in [0.1, 0.15) is 17.1 Å². The van der Waals surface area contributed by atoms with E-state index in [2.05, 4.69) is 10.3 Å². The molecule has 0 bridgehead atoms. The number of aromatic amines is 1. The molecule has 0 fully saturated rings. The van der Waals surface area contributed by atoms with E-state index in [4.69, 9.17) is 23.7 Å². The normalized spacial score (nSPS) is 11.6. The summed E-state index contributed by atoms with van der Waals surface area (Å²) in [6.07, 6.45) is 4.00. The molecule has 0 unspecified atom stereocenters. The predicted molar refractivity (Wildman–Crippen MR) is 126 cm³/mol. The van der Waals surface area contributed by atoms with Gasteiger partial charge in [0.25, 0.3) is 5.91 Å². The maximum Gasteiger partial charge on any atom is 0.262 e. The number of rotatable bonds is 15. The fourth-order valence-electron chi connectivity index (χ4n) is 3.26. The molecule has 180 valence electrons. The summed E-state index contributed by atoms with van der Waals surface area (Å²) in [7, 11) is 0. The highest BCUT2D eigenvalue weighted by molar-refractivity contribution is 6.01. The fourth-order valence-corrected chi connectivity index (χ4v) is 3.26. The molecule has 3 rings (SSSR count). The van der Waals surface area contributed by atoms with E-state index in [0.717, 1.165) is 16.5 Å². The Morgan fingerprint density at radius 1 is 1.09 bits per heavy atom. The summed E-state index contributed by atoms with van der Waals surface area (Å²) in [5.41, 5.74) is 2.13. The number of nitrogens with zero attached hydrogens (tertiary/aromatic N) is 1. The van der Waals surface area contributed by atoms with Gasteiger partial charge in [-0.3, -0.25) is 4.79 Å². The Morgan fingerprint density at radius 2 is 1.85 bits per heavy atom. The van der Waals surface area contributed by atoms with Crippen LogP contribution in [0.25, 0.3) is 17.0 Å². The molecule has 0 spiro atoms. The molecule has 2 aromatic heterocycles. The Kier molecular flexibility index (Phi) is 10.4. The minimum atomic E-state index is -0.448. The number of nitrogens with one attached hydrogen (secondary N) is 2. The number of nitriles is 1. The van der Waals surface area contributed by atoms with Crippen molar-refractivity contribution in [3.8, 4) is 6.07 Å². The van der Waals surface area contributed by atoms with Crippen LogP contribution >= 0.6 is 0 Å². The zero-order valence-corrected chi connectivity index (χ0v) is 18.9. The molecule has 0 aliphatic rings. The second kappa shape index (κ2) is 14.0. The molecule has 9 nitrogen and oxygen atoms in total. The van der Waals surface area contributed by atoms with Gasteiger partial charge < -0.3 is 34.0 Å². The van der Waals surface area contributed by atoms with Crippen LogP contribution in [0.4, 0.5) is 0 Å². The molecule has 1 amide bonds. The summed E-state index contributed by atoms with van der Waals surface area (Å²) >= 11 is 0. The molecule has 0 saturated heterocycles. The number of hydrogen-bond acceptors (Lipinski definition) is 7. The Morgan fingerprint density at radius 3 is 2.65 bits per heavy atom. The van der Waals surface area contributed by atoms with Gasteiger partial charge in [0, 0.05) is 29.7 Å². The van der Waals surface area contributed by atoms with Gasteiger partial charge in [0.1, 0.15) is 29.8 Å².